The van der Waals surface area contributed by atoms with E-state index in [1.165, 1.54) is 0 Å². The molecule has 0 aliphatic carbocycles. The van der Waals surface area contributed by atoms with Crippen LogP contribution in [0.4, 0.5) is 0 Å². The molecule has 32 heavy (non-hydrogen) atoms. The van der Waals surface area contributed by atoms with Crippen LogP contribution < -0.4 is 10.5 Å². The van der Waals surface area contributed by atoms with E-state index >= 15 is 0 Å². The molecule has 2 N–H and O–H groups in total. The van der Waals surface area contributed by atoms with Crippen LogP contribution in [0.1, 0.15) is 48.9 Å². The second kappa shape index (κ2) is 10.5. The number of para-hydroxylation sites is 1. The van der Waals surface area contributed by atoms with Gasteiger partial charge in [-0.25, -0.2) is 0 Å². The molecular formula is C24H25I2NO5. The molecular weight excluding hydrogens is 636 g/mol. The van der Waals surface area contributed by atoms with Crippen molar-refractivity contribution in [2.75, 3.05) is 13.2 Å². The molecule has 0 saturated carbocycles. The molecule has 0 atom stereocenters. The Morgan fingerprint density at radius 1 is 1.12 bits per heavy atom. The molecule has 0 saturated heterocycles. The summed E-state index contributed by atoms with van der Waals surface area (Å²) in [6.07, 6.45) is 0.561. The predicted molar refractivity (Wildman–Crippen MR) is 140 cm³/mol. The highest BCUT2D eigenvalue weighted by molar-refractivity contribution is 14.1. The molecule has 0 radical (unpaired) electrons. The molecule has 0 spiro atoms. The van der Waals surface area contributed by atoms with Gasteiger partial charge in [0.05, 0.1) is 12.7 Å². The first-order chi connectivity index (χ1) is 15.2. The summed E-state index contributed by atoms with van der Waals surface area (Å²) >= 11 is 4.30. The summed E-state index contributed by atoms with van der Waals surface area (Å²) in [4.78, 5) is 26.2. The van der Waals surface area contributed by atoms with Crippen LogP contribution in [-0.4, -0.2) is 30.5 Å². The summed E-state index contributed by atoms with van der Waals surface area (Å²) < 4.78 is 18.8. The topological polar surface area (TPSA) is 91.8 Å². The van der Waals surface area contributed by atoms with E-state index in [1.807, 2.05) is 39.0 Å². The molecule has 2 aromatic carbocycles. The zero-order chi connectivity index (χ0) is 23.5. The van der Waals surface area contributed by atoms with E-state index in [-0.39, 0.29) is 12.2 Å². The number of benzene rings is 2. The lowest BCUT2D eigenvalue weighted by Crippen LogP contribution is -2.28. The number of carbonyl (C=O) groups excluding carboxylic acids is 2. The standard InChI is InChI=1S/C24H25I2NO5/c1-4-24(2,3)32-20(28)13-19-21(15-7-5-6-8-18(15)31-19)22(29)14-11-16(25)23(17(26)12-14)30-10-9-27/h5-8,11-12H,4,9-10,13,27H2,1-3H3. The van der Waals surface area contributed by atoms with Crippen LogP contribution in [0.3, 0.4) is 0 Å². The number of ether oxygens (including phenoxy) is 2. The highest BCUT2D eigenvalue weighted by atomic mass is 127. The second-order valence-corrected chi connectivity index (χ2v) is 10.2. The Bertz CT molecular complexity index is 1130. The van der Waals surface area contributed by atoms with Gasteiger partial charge in [-0.05, 0) is 83.6 Å². The van der Waals surface area contributed by atoms with E-state index in [9.17, 15) is 9.59 Å². The van der Waals surface area contributed by atoms with Crippen LogP contribution in [0.25, 0.3) is 11.0 Å². The molecule has 1 aromatic heterocycles. The predicted octanol–water partition coefficient (Wildman–Crippen LogP) is 5.48. The number of hydrogen-bond donors (Lipinski definition) is 1. The van der Waals surface area contributed by atoms with Gasteiger partial charge in [0.15, 0.2) is 5.78 Å². The van der Waals surface area contributed by atoms with Gasteiger partial charge in [-0.15, -0.1) is 0 Å². The Labute approximate surface area is 214 Å². The molecule has 6 nitrogen and oxygen atoms in total. The molecule has 170 valence electrons. The van der Waals surface area contributed by atoms with Gasteiger partial charge in [0, 0.05) is 17.5 Å². The Morgan fingerprint density at radius 3 is 2.41 bits per heavy atom. The number of fused-ring (bicyclic) bond motifs is 1. The number of rotatable bonds is 9. The molecule has 0 unspecified atom stereocenters. The molecule has 0 aliphatic rings. The maximum absolute atomic E-state index is 13.6. The first kappa shape index (κ1) is 25.0. The van der Waals surface area contributed by atoms with Crippen molar-refractivity contribution in [3.63, 3.8) is 0 Å². The van der Waals surface area contributed by atoms with Crippen molar-refractivity contribution in [3.8, 4) is 5.75 Å². The lowest BCUT2D eigenvalue weighted by molar-refractivity contribution is -0.156. The lowest BCUT2D eigenvalue weighted by atomic mass is 9.99. The normalized spacial score (nSPS) is 11.6. The SMILES string of the molecule is CCC(C)(C)OC(=O)Cc1oc2ccccc2c1C(=O)c1cc(I)c(OCCN)c(I)c1. The Hall–Kier alpha value is -1.66. The lowest BCUT2D eigenvalue weighted by Gasteiger charge is -2.23. The summed E-state index contributed by atoms with van der Waals surface area (Å²) in [7, 11) is 0. The Balaban J connectivity index is 2.01. The van der Waals surface area contributed by atoms with Gasteiger partial charge in [0.1, 0.15) is 35.7 Å². The minimum Gasteiger partial charge on any atom is -0.490 e. The molecule has 0 amide bonds. The molecule has 0 aliphatic heterocycles. The maximum atomic E-state index is 13.6. The van der Waals surface area contributed by atoms with Crippen molar-refractivity contribution < 1.29 is 23.5 Å². The van der Waals surface area contributed by atoms with Gasteiger partial charge in [0.25, 0.3) is 0 Å². The third kappa shape index (κ3) is 5.63. The van der Waals surface area contributed by atoms with E-state index in [0.717, 1.165) is 7.14 Å². The van der Waals surface area contributed by atoms with Crippen molar-refractivity contribution in [1.29, 1.82) is 0 Å². The van der Waals surface area contributed by atoms with E-state index in [2.05, 4.69) is 45.2 Å². The average molecular weight is 661 g/mol. The molecule has 0 fully saturated rings. The van der Waals surface area contributed by atoms with Crippen LogP contribution in [0, 0.1) is 7.14 Å². The smallest absolute Gasteiger partial charge is 0.314 e. The zero-order valence-electron chi connectivity index (χ0n) is 18.2. The van der Waals surface area contributed by atoms with E-state index in [4.69, 9.17) is 19.6 Å². The largest absolute Gasteiger partial charge is 0.490 e. The van der Waals surface area contributed by atoms with Gasteiger partial charge >= 0.3 is 5.97 Å². The Morgan fingerprint density at radius 2 is 1.78 bits per heavy atom. The average Bonchev–Trinajstić information content (AvgIpc) is 3.09. The van der Waals surface area contributed by atoms with Crippen LogP contribution in [0.15, 0.2) is 40.8 Å². The zero-order valence-corrected chi connectivity index (χ0v) is 22.5. The summed E-state index contributed by atoms with van der Waals surface area (Å²) in [5.41, 5.74) is 6.39. The Kier molecular flexibility index (Phi) is 8.21. The number of carbonyl (C=O) groups is 2. The van der Waals surface area contributed by atoms with Crippen LogP contribution in [0.5, 0.6) is 5.75 Å². The van der Waals surface area contributed by atoms with Gasteiger partial charge in [-0.2, -0.15) is 0 Å². The van der Waals surface area contributed by atoms with Crippen molar-refractivity contribution in [2.45, 2.75) is 39.2 Å². The monoisotopic (exact) mass is 661 g/mol. The number of halogens is 2. The van der Waals surface area contributed by atoms with Crippen molar-refractivity contribution in [3.05, 3.63) is 60.4 Å². The number of esters is 1. The highest BCUT2D eigenvalue weighted by Gasteiger charge is 2.27. The van der Waals surface area contributed by atoms with Crippen LogP contribution in [0.2, 0.25) is 0 Å². The van der Waals surface area contributed by atoms with E-state index in [0.29, 0.717) is 53.2 Å². The summed E-state index contributed by atoms with van der Waals surface area (Å²) in [6, 6.07) is 10.8. The number of ketones is 1. The summed E-state index contributed by atoms with van der Waals surface area (Å²) in [5.74, 6) is 0.366. The maximum Gasteiger partial charge on any atom is 0.314 e. The van der Waals surface area contributed by atoms with Gasteiger partial charge < -0.3 is 19.6 Å². The summed E-state index contributed by atoms with van der Waals surface area (Å²) in [6.45, 7) is 6.46. The molecule has 8 heteroatoms. The quantitative estimate of drug-likeness (QED) is 0.186. The molecule has 0 bridgehead atoms. The van der Waals surface area contributed by atoms with E-state index in [1.54, 1.807) is 18.2 Å². The fourth-order valence-electron chi connectivity index (χ4n) is 3.15. The third-order valence-electron chi connectivity index (χ3n) is 5.07. The minimum atomic E-state index is -0.584. The van der Waals surface area contributed by atoms with Crippen LogP contribution >= 0.6 is 45.2 Å². The van der Waals surface area contributed by atoms with Crippen molar-refractivity contribution in [1.82, 2.24) is 0 Å². The molecule has 3 aromatic rings. The highest BCUT2D eigenvalue weighted by Crippen LogP contribution is 2.33. The van der Waals surface area contributed by atoms with Gasteiger partial charge in [-0.1, -0.05) is 25.1 Å². The number of hydrogen-bond acceptors (Lipinski definition) is 6. The first-order valence-electron chi connectivity index (χ1n) is 10.3. The second-order valence-electron chi connectivity index (χ2n) is 7.90. The fraction of sp³-hybridized carbons (Fsp3) is 0.333. The fourth-order valence-corrected chi connectivity index (χ4v) is 5.23. The minimum absolute atomic E-state index is 0.120. The number of nitrogens with two attached hydrogens (primary N) is 1. The van der Waals surface area contributed by atoms with Gasteiger partial charge in [0.2, 0.25) is 0 Å². The number of furan rings is 1. The molecule has 3 rings (SSSR count). The van der Waals surface area contributed by atoms with E-state index < -0.39 is 11.6 Å². The van der Waals surface area contributed by atoms with Gasteiger partial charge in [-0.3, -0.25) is 9.59 Å². The third-order valence-corrected chi connectivity index (χ3v) is 6.67. The molecule has 1 heterocycles. The van der Waals surface area contributed by atoms with Crippen LogP contribution in [-0.2, 0) is 16.0 Å². The summed E-state index contributed by atoms with van der Waals surface area (Å²) in [5, 5.41) is 0.670. The van der Waals surface area contributed by atoms with Crippen molar-refractivity contribution in [2.24, 2.45) is 5.73 Å². The van der Waals surface area contributed by atoms with Crippen molar-refractivity contribution >= 4 is 67.9 Å². The first-order valence-corrected chi connectivity index (χ1v) is 12.4.